The molecule has 1 amide bonds. The Morgan fingerprint density at radius 2 is 1.85 bits per heavy atom. The largest absolute Gasteiger partial charge is 0.381 e. The number of rotatable bonds is 6. The van der Waals surface area contributed by atoms with Crippen LogP contribution in [0, 0.1) is 5.82 Å². The second-order valence-corrected chi connectivity index (χ2v) is 7.65. The first kappa shape index (κ1) is 19.8. The maximum Gasteiger partial charge on any atom is 0.231 e. The standard InChI is InChI=1S/C22H25ClFNO2/c1-16(6-7-17-8-10-18(23)11-9-17)25-21(26)22(12-14-27-15-13-22)19-4-2-3-5-20(19)24/h2-5,8-11,16H,6-7,12-15H2,1H3,(H,25,26). The minimum absolute atomic E-state index is 0.0142. The van der Waals surface area contributed by atoms with E-state index in [0.29, 0.717) is 36.6 Å². The van der Waals surface area contributed by atoms with E-state index in [0.717, 1.165) is 12.8 Å². The molecule has 1 aliphatic rings. The van der Waals surface area contributed by atoms with Crippen molar-refractivity contribution < 1.29 is 13.9 Å². The van der Waals surface area contributed by atoms with Crippen molar-refractivity contribution in [3.8, 4) is 0 Å². The molecule has 0 radical (unpaired) electrons. The van der Waals surface area contributed by atoms with E-state index < -0.39 is 5.41 Å². The number of hydrogen-bond donors (Lipinski definition) is 1. The zero-order valence-electron chi connectivity index (χ0n) is 15.5. The minimum atomic E-state index is -0.863. The topological polar surface area (TPSA) is 38.3 Å². The van der Waals surface area contributed by atoms with E-state index in [4.69, 9.17) is 16.3 Å². The van der Waals surface area contributed by atoms with Gasteiger partial charge in [-0.15, -0.1) is 0 Å². The molecule has 2 aromatic rings. The monoisotopic (exact) mass is 389 g/mol. The predicted octanol–water partition coefficient (Wildman–Crippen LogP) is 4.66. The lowest BCUT2D eigenvalue weighted by atomic mass is 9.73. The van der Waals surface area contributed by atoms with Gasteiger partial charge in [0.05, 0.1) is 5.41 Å². The summed E-state index contributed by atoms with van der Waals surface area (Å²) in [5.41, 5.74) is 0.782. The second kappa shape index (κ2) is 8.85. The van der Waals surface area contributed by atoms with Gasteiger partial charge in [0, 0.05) is 29.8 Å². The number of amides is 1. The van der Waals surface area contributed by atoms with Crippen LogP contribution in [-0.2, 0) is 21.4 Å². The number of carbonyl (C=O) groups excluding carboxylic acids is 1. The number of carbonyl (C=O) groups is 1. The van der Waals surface area contributed by atoms with Crippen molar-refractivity contribution in [3.63, 3.8) is 0 Å². The fraction of sp³-hybridized carbons (Fsp3) is 0.409. The smallest absolute Gasteiger partial charge is 0.231 e. The van der Waals surface area contributed by atoms with Crippen LogP contribution < -0.4 is 5.32 Å². The molecule has 1 saturated heterocycles. The molecule has 1 atom stereocenters. The first-order valence-electron chi connectivity index (χ1n) is 9.39. The Balaban J connectivity index is 1.69. The van der Waals surface area contributed by atoms with E-state index >= 15 is 0 Å². The Kier molecular flexibility index (Phi) is 6.51. The molecule has 27 heavy (non-hydrogen) atoms. The molecule has 1 fully saturated rings. The average Bonchev–Trinajstić information content (AvgIpc) is 2.68. The van der Waals surface area contributed by atoms with Crippen LogP contribution in [0.1, 0.15) is 37.3 Å². The van der Waals surface area contributed by atoms with Gasteiger partial charge in [0.1, 0.15) is 5.82 Å². The maximum absolute atomic E-state index is 14.5. The van der Waals surface area contributed by atoms with Gasteiger partial charge in [-0.2, -0.15) is 0 Å². The van der Waals surface area contributed by atoms with Gasteiger partial charge < -0.3 is 10.1 Å². The van der Waals surface area contributed by atoms with Crippen LogP contribution >= 0.6 is 11.6 Å². The molecule has 1 aliphatic heterocycles. The first-order chi connectivity index (χ1) is 13.0. The van der Waals surface area contributed by atoms with Crippen molar-refractivity contribution in [2.45, 2.75) is 44.1 Å². The highest BCUT2D eigenvalue weighted by Gasteiger charge is 2.43. The Labute approximate surface area is 164 Å². The van der Waals surface area contributed by atoms with Crippen molar-refractivity contribution in [1.82, 2.24) is 5.32 Å². The van der Waals surface area contributed by atoms with Crippen LogP contribution in [0.4, 0.5) is 4.39 Å². The van der Waals surface area contributed by atoms with Gasteiger partial charge in [0.2, 0.25) is 5.91 Å². The van der Waals surface area contributed by atoms with Gasteiger partial charge >= 0.3 is 0 Å². The van der Waals surface area contributed by atoms with Crippen LogP contribution in [0.25, 0.3) is 0 Å². The number of aryl methyl sites for hydroxylation is 1. The Morgan fingerprint density at radius 3 is 2.52 bits per heavy atom. The maximum atomic E-state index is 14.5. The molecule has 1 heterocycles. The molecular weight excluding hydrogens is 365 g/mol. The molecule has 0 bridgehead atoms. The fourth-order valence-electron chi connectivity index (χ4n) is 3.66. The van der Waals surface area contributed by atoms with Crippen molar-refractivity contribution in [1.29, 1.82) is 0 Å². The third-order valence-corrected chi connectivity index (χ3v) is 5.58. The lowest BCUT2D eigenvalue weighted by molar-refractivity contribution is -0.131. The van der Waals surface area contributed by atoms with Gasteiger partial charge in [0.15, 0.2) is 0 Å². The Bertz CT molecular complexity index is 772. The summed E-state index contributed by atoms with van der Waals surface area (Å²) >= 11 is 5.92. The van der Waals surface area contributed by atoms with E-state index in [1.165, 1.54) is 11.6 Å². The average molecular weight is 390 g/mol. The zero-order valence-corrected chi connectivity index (χ0v) is 16.3. The number of ether oxygens (including phenoxy) is 1. The first-order valence-corrected chi connectivity index (χ1v) is 9.77. The molecule has 2 aromatic carbocycles. The molecule has 0 spiro atoms. The third kappa shape index (κ3) is 4.69. The lowest BCUT2D eigenvalue weighted by Gasteiger charge is -2.37. The highest BCUT2D eigenvalue weighted by atomic mass is 35.5. The van der Waals surface area contributed by atoms with E-state index in [2.05, 4.69) is 5.32 Å². The fourth-order valence-corrected chi connectivity index (χ4v) is 3.78. The molecule has 0 aromatic heterocycles. The molecule has 3 rings (SSSR count). The number of benzene rings is 2. The summed E-state index contributed by atoms with van der Waals surface area (Å²) in [4.78, 5) is 13.2. The SMILES string of the molecule is CC(CCc1ccc(Cl)cc1)NC(=O)C1(c2ccccc2F)CCOCC1. The minimum Gasteiger partial charge on any atom is -0.381 e. The summed E-state index contributed by atoms with van der Waals surface area (Å²) in [6, 6.07) is 14.3. The summed E-state index contributed by atoms with van der Waals surface area (Å²) < 4.78 is 19.9. The zero-order chi connectivity index (χ0) is 19.3. The van der Waals surface area contributed by atoms with Crippen LogP contribution in [0.15, 0.2) is 48.5 Å². The van der Waals surface area contributed by atoms with Crippen molar-refractivity contribution in [2.24, 2.45) is 0 Å². The van der Waals surface area contributed by atoms with Gasteiger partial charge in [-0.05, 0) is 56.4 Å². The number of halogens is 2. The highest BCUT2D eigenvalue weighted by molar-refractivity contribution is 6.30. The molecule has 5 heteroatoms. The Morgan fingerprint density at radius 1 is 1.19 bits per heavy atom. The van der Waals surface area contributed by atoms with Gasteiger partial charge in [-0.25, -0.2) is 4.39 Å². The Hall–Kier alpha value is -1.91. The van der Waals surface area contributed by atoms with Crippen molar-refractivity contribution in [3.05, 3.63) is 70.5 Å². The molecule has 3 nitrogen and oxygen atoms in total. The molecule has 144 valence electrons. The van der Waals surface area contributed by atoms with Gasteiger partial charge in [-0.3, -0.25) is 4.79 Å². The summed E-state index contributed by atoms with van der Waals surface area (Å²) in [5, 5.41) is 3.82. The quantitative estimate of drug-likeness (QED) is 0.780. The predicted molar refractivity (Wildman–Crippen MR) is 106 cm³/mol. The van der Waals surface area contributed by atoms with Crippen molar-refractivity contribution >= 4 is 17.5 Å². The van der Waals surface area contributed by atoms with Crippen molar-refractivity contribution in [2.75, 3.05) is 13.2 Å². The summed E-state index contributed by atoms with van der Waals surface area (Å²) in [6.45, 7) is 2.91. The molecule has 1 N–H and O–H groups in total. The normalized spacial score (nSPS) is 17.3. The van der Waals surface area contributed by atoms with Crippen LogP contribution in [0.5, 0.6) is 0 Å². The summed E-state index contributed by atoms with van der Waals surface area (Å²) in [5.74, 6) is -0.442. The van der Waals surface area contributed by atoms with Crippen LogP contribution in [-0.4, -0.2) is 25.2 Å². The number of hydrogen-bond acceptors (Lipinski definition) is 2. The summed E-state index contributed by atoms with van der Waals surface area (Å²) in [7, 11) is 0. The van der Waals surface area contributed by atoms with Crippen LogP contribution in [0.3, 0.4) is 0 Å². The van der Waals surface area contributed by atoms with Crippen LogP contribution in [0.2, 0.25) is 5.02 Å². The second-order valence-electron chi connectivity index (χ2n) is 7.21. The molecule has 1 unspecified atom stereocenters. The molecule has 0 aliphatic carbocycles. The molecular formula is C22H25ClFNO2. The summed E-state index contributed by atoms with van der Waals surface area (Å²) in [6.07, 6.45) is 2.62. The highest BCUT2D eigenvalue weighted by Crippen LogP contribution is 2.36. The lowest BCUT2D eigenvalue weighted by Crippen LogP contribution is -2.50. The third-order valence-electron chi connectivity index (χ3n) is 5.33. The van der Waals surface area contributed by atoms with E-state index in [1.54, 1.807) is 18.2 Å². The van der Waals surface area contributed by atoms with E-state index in [1.807, 2.05) is 31.2 Å². The van der Waals surface area contributed by atoms with Gasteiger partial charge in [0.25, 0.3) is 0 Å². The van der Waals surface area contributed by atoms with Gasteiger partial charge in [-0.1, -0.05) is 41.9 Å². The van der Waals surface area contributed by atoms with E-state index in [9.17, 15) is 9.18 Å². The number of nitrogens with one attached hydrogen (secondary N) is 1. The molecule has 0 saturated carbocycles. The van der Waals surface area contributed by atoms with E-state index in [-0.39, 0.29) is 17.8 Å².